The van der Waals surface area contributed by atoms with Crippen molar-refractivity contribution in [3.8, 4) is 5.75 Å². The molecule has 0 aromatic heterocycles. The quantitative estimate of drug-likeness (QED) is 0.852. The van der Waals surface area contributed by atoms with Gasteiger partial charge in [0.05, 0.1) is 0 Å². The van der Waals surface area contributed by atoms with E-state index in [0.29, 0.717) is 0 Å². The highest BCUT2D eigenvalue weighted by atomic mass is 35.5. The van der Waals surface area contributed by atoms with E-state index in [1.807, 2.05) is 6.92 Å². The van der Waals surface area contributed by atoms with Crippen molar-refractivity contribution in [2.45, 2.75) is 33.7 Å². The van der Waals surface area contributed by atoms with Gasteiger partial charge in [0.15, 0.2) is 11.6 Å². The number of nitrogens with zero attached hydrogens (tertiary/aromatic N) is 1. The van der Waals surface area contributed by atoms with Crippen molar-refractivity contribution >= 4 is 24.8 Å². The van der Waals surface area contributed by atoms with Crippen molar-refractivity contribution in [1.29, 1.82) is 0 Å². The summed E-state index contributed by atoms with van der Waals surface area (Å²) in [6, 6.07) is 3.11. The lowest BCUT2D eigenvalue weighted by Gasteiger charge is -2.43. The summed E-state index contributed by atoms with van der Waals surface area (Å²) in [6.07, 6.45) is 0. The Hall–Kier alpha value is -0.550. The van der Waals surface area contributed by atoms with Crippen LogP contribution in [0.1, 0.15) is 37.9 Å². The van der Waals surface area contributed by atoms with Gasteiger partial charge in [0.2, 0.25) is 0 Å². The largest absolute Gasteiger partial charge is 0.505 e. The summed E-state index contributed by atoms with van der Waals surface area (Å²) in [4.78, 5) is 2.35. The molecule has 1 atom stereocenters. The Morgan fingerprint density at radius 2 is 1.73 bits per heavy atom. The summed E-state index contributed by atoms with van der Waals surface area (Å²) in [5, 5.41) is 13.6. The van der Waals surface area contributed by atoms with E-state index in [4.69, 9.17) is 0 Å². The van der Waals surface area contributed by atoms with Crippen molar-refractivity contribution in [2.75, 3.05) is 26.2 Å². The van der Waals surface area contributed by atoms with Gasteiger partial charge in [-0.2, -0.15) is 0 Å². The van der Waals surface area contributed by atoms with Crippen LogP contribution in [0, 0.1) is 18.2 Å². The molecule has 0 radical (unpaired) electrons. The lowest BCUT2D eigenvalue weighted by molar-refractivity contribution is 0.0833. The molecule has 0 saturated carbocycles. The summed E-state index contributed by atoms with van der Waals surface area (Å²) in [6.45, 7) is 12.1. The zero-order chi connectivity index (χ0) is 14.9. The molecule has 2 N–H and O–H groups in total. The molecule has 0 unspecified atom stereocenters. The van der Waals surface area contributed by atoms with Gasteiger partial charge in [-0.05, 0) is 24.0 Å². The zero-order valence-electron chi connectivity index (χ0n) is 13.6. The second kappa shape index (κ2) is 8.34. The van der Waals surface area contributed by atoms with Gasteiger partial charge in [0.25, 0.3) is 0 Å². The maximum Gasteiger partial charge on any atom is 0.165 e. The monoisotopic (exact) mass is 352 g/mol. The molecule has 1 heterocycles. The maximum atomic E-state index is 13.8. The van der Waals surface area contributed by atoms with Gasteiger partial charge in [-0.25, -0.2) is 4.39 Å². The molecule has 0 spiro atoms. The number of hydrogen-bond acceptors (Lipinski definition) is 3. The maximum absolute atomic E-state index is 13.8. The molecule has 2 rings (SSSR count). The number of nitrogens with one attached hydrogen (secondary N) is 1. The van der Waals surface area contributed by atoms with Crippen LogP contribution >= 0.6 is 24.8 Å². The fraction of sp³-hybridized carbons (Fsp3) is 0.625. The molecule has 0 aliphatic carbocycles. The van der Waals surface area contributed by atoms with Gasteiger partial charge in [-0.15, -0.1) is 24.8 Å². The van der Waals surface area contributed by atoms with Crippen LogP contribution < -0.4 is 5.32 Å². The SMILES string of the molecule is Cc1ccc(F)c(O)c1[C@@H](N1CCNCC1)C(C)(C)C.Cl.Cl. The Kier molecular flexibility index (Phi) is 8.14. The topological polar surface area (TPSA) is 35.5 Å². The van der Waals surface area contributed by atoms with Gasteiger partial charge in [-0.3, -0.25) is 4.90 Å². The molecule has 1 aliphatic rings. The van der Waals surface area contributed by atoms with E-state index < -0.39 is 5.82 Å². The lowest BCUT2D eigenvalue weighted by Crippen LogP contribution is -2.48. The Bertz CT molecular complexity index is 486. The minimum atomic E-state index is -0.532. The smallest absolute Gasteiger partial charge is 0.165 e. The number of rotatable bonds is 2. The van der Waals surface area contributed by atoms with Crippen LogP contribution in [-0.2, 0) is 0 Å². The average Bonchev–Trinajstić information content (AvgIpc) is 2.39. The molecule has 22 heavy (non-hydrogen) atoms. The molecule has 1 aromatic rings. The molecule has 0 bridgehead atoms. The molecule has 1 fully saturated rings. The number of aryl methyl sites for hydroxylation is 1. The first kappa shape index (κ1) is 21.4. The van der Waals surface area contributed by atoms with Gasteiger partial charge < -0.3 is 10.4 Å². The van der Waals surface area contributed by atoms with Crippen LogP contribution in [-0.4, -0.2) is 36.2 Å². The van der Waals surface area contributed by atoms with E-state index >= 15 is 0 Å². The highest BCUT2D eigenvalue weighted by Crippen LogP contribution is 2.43. The summed E-state index contributed by atoms with van der Waals surface area (Å²) >= 11 is 0. The molecule has 128 valence electrons. The first-order valence-electron chi connectivity index (χ1n) is 7.25. The molecular formula is C16H27Cl2FN2O. The predicted octanol–water partition coefficient (Wildman–Crippen LogP) is 3.68. The van der Waals surface area contributed by atoms with E-state index in [-0.39, 0.29) is 42.0 Å². The van der Waals surface area contributed by atoms with Gasteiger partial charge in [-0.1, -0.05) is 26.8 Å². The van der Waals surface area contributed by atoms with Crippen LogP contribution in [0.2, 0.25) is 0 Å². The minimum Gasteiger partial charge on any atom is -0.505 e. The average molecular weight is 353 g/mol. The number of phenols is 1. The number of piperazine rings is 1. The molecule has 6 heteroatoms. The zero-order valence-corrected chi connectivity index (χ0v) is 15.3. The first-order valence-corrected chi connectivity index (χ1v) is 7.25. The van der Waals surface area contributed by atoms with E-state index in [2.05, 4.69) is 31.0 Å². The fourth-order valence-electron chi connectivity index (χ4n) is 3.13. The van der Waals surface area contributed by atoms with Crippen molar-refractivity contribution < 1.29 is 9.50 Å². The number of hydrogen-bond donors (Lipinski definition) is 2. The second-order valence-corrected chi connectivity index (χ2v) is 6.68. The molecule has 1 aromatic carbocycles. The summed E-state index contributed by atoms with van der Waals surface area (Å²) in [5.41, 5.74) is 1.61. The third-order valence-electron chi connectivity index (χ3n) is 4.00. The van der Waals surface area contributed by atoms with E-state index in [9.17, 15) is 9.50 Å². The normalized spacial score (nSPS) is 17.3. The van der Waals surface area contributed by atoms with Crippen LogP contribution in [0.15, 0.2) is 12.1 Å². The number of benzene rings is 1. The van der Waals surface area contributed by atoms with E-state index in [0.717, 1.165) is 37.3 Å². The van der Waals surface area contributed by atoms with Crippen LogP contribution in [0.5, 0.6) is 5.75 Å². The van der Waals surface area contributed by atoms with Crippen molar-refractivity contribution in [1.82, 2.24) is 10.2 Å². The summed E-state index contributed by atoms with van der Waals surface area (Å²) in [5.74, 6) is -0.724. The molecule has 1 saturated heterocycles. The summed E-state index contributed by atoms with van der Waals surface area (Å²) in [7, 11) is 0. The highest BCUT2D eigenvalue weighted by Gasteiger charge is 2.35. The standard InChI is InChI=1S/C16H25FN2O.2ClH/c1-11-5-6-12(17)14(20)13(11)15(16(2,3)4)19-9-7-18-8-10-19;;/h5-6,15,18,20H,7-10H2,1-4H3;2*1H/t15-;;/m1../s1. The fourth-order valence-corrected chi connectivity index (χ4v) is 3.13. The van der Waals surface area contributed by atoms with Crippen molar-refractivity contribution in [2.24, 2.45) is 5.41 Å². The van der Waals surface area contributed by atoms with E-state index in [1.54, 1.807) is 6.07 Å². The minimum absolute atomic E-state index is 0. The highest BCUT2D eigenvalue weighted by molar-refractivity contribution is 5.85. The van der Waals surface area contributed by atoms with Gasteiger partial charge >= 0.3 is 0 Å². The predicted molar refractivity (Wildman–Crippen MR) is 93.9 cm³/mol. The van der Waals surface area contributed by atoms with E-state index in [1.165, 1.54) is 6.07 Å². The van der Waals surface area contributed by atoms with Crippen molar-refractivity contribution in [3.05, 3.63) is 29.1 Å². The Balaban J connectivity index is 0.00000220. The third kappa shape index (κ3) is 4.48. The molecule has 3 nitrogen and oxygen atoms in total. The van der Waals surface area contributed by atoms with Crippen molar-refractivity contribution in [3.63, 3.8) is 0 Å². The molecular weight excluding hydrogens is 326 g/mol. The van der Waals surface area contributed by atoms with Gasteiger partial charge in [0, 0.05) is 37.8 Å². The molecule has 1 aliphatic heterocycles. The second-order valence-electron chi connectivity index (χ2n) is 6.68. The summed E-state index contributed by atoms with van der Waals surface area (Å²) < 4.78 is 13.8. The number of aromatic hydroxyl groups is 1. The third-order valence-corrected chi connectivity index (χ3v) is 4.00. The Labute approximate surface area is 145 Å². The van der Waals surface area contributed by atoms with Crippen LogP contribution in [0.3, 0.4) is 0 Å². The number of halogens is 3. The Morgan fingerprint density at radius 3 is 2.23 bits per heavy atom. The lowest BCUT2D eigenvalue weighted by atomic mass is 9.79. The van der Waals surface area contributed by atoms with Crippen LogP contribution in [0.25, 0.3) is 0 Å². The number of phenolic OH excluding ortho intramolecular Hbond substituents is 1. The van der Waals surface area contributed by atoms with Gasteiger partial charge in [0.1, 0.15) is 0 Å². The molecule has 0 amide bonds. The first-order chi connectivity index (χ1) is 9.32. The Morgan fingerprint density at radius 1 is 1.18 bits per heavy atom. The van der Waals surface area contributed by atoms with Crippen LogP contribution in [0.4, 0.5) is 4.39 Å².